The summed E-state index contributed by atoms with van der Waals surface area (Å²) in [4.78, 5) is 27.4. The van der Waals surface area contributed by atoms with Gasteiger partial charge in [0.2, 0.25) is 10.0 Å². The van der Waals surface area contributed by atoms with Crippen molar-refractivity contribution in [1.29, 1.82) is 0 Å². The molecule has 1 atom stereocenters. The van der Waals surface area contributed by atoms with Crippen molar-refractivity contribution >= 4 is 44.9 Å². The second-order valence-electron chi connectivity index (χ2n) is 7.82. The van der Waals surface area contributed by atoms with E-state index in [0.717, 1.165) is 23.2 Å². The number of rotatable bonds is 7. The molecule has 33 heavy (non-hydrogen) atoms. The van der Waals surface area contributed by atoms with Crippen molar-refractivity contribution in [2.45, 2.75) is 30.8 Å². The van der Waals surface area contributed by atoms with E-state index in [2.05, 4.69) is 5.32 Å². The van der Waals surface area contributed by atoms with E-state index in [1.165, 1.54) is 45.3 Å². The molecule has 0 saturated carbocycles. The normalized spacial score (nSPS) is 14.9. The Kier molecular flexibility index (Phi) is 7.61. The number of halogens is 2. The van der Waals surface area contributed by atoms with Gasteiger partial charge in [0, 0.05) is 32.2 Å². The highest BCUT2D eigenvalue weighted by Gasteiger charge is 2.27. The van der Waals surface area contributed by atoms with Crippen molar-refractivity contribution in [3.05, 3.63) is 52.8 Å². The maximum atomic E-state index is 14.0. The lowest BCUT2D eigenvalue weighted by atomic mass is 10.1. The van der Waals surface area contributed by atoms with Crippen LogP contribution in [0.5, 0.6) is 0 Å². The summed E-state index contributed by atoms with van der Waals surface area (Å²) < 4.78 is 45.5. The SMILES string of the molecule is CC(OC(=O)c1cc(S(=O)(=O)N(C)C)ccc1N1CCCC1)C(=O)Nc1ccc(Cl)cc1F. The summed E-state index contributed by atoms with van der Waals surface area (Å²) in [6.07, 6.45) is 0.614. The number of hydrogen-bond donors (Lipinski definition) is 1. The first-order valence-electron chi connectivity index (χ1n) is 10.3. The zero-order valence-electron chi connectivity index (χ0n) is 18.5. The molecule has 0 aliphatic carbocycles. The number of anilines is 2. The summed E-state index contributed by atoms with van der Waals surface area (Å²) >= 11 is 5.71. The Bertz CT molecular complexity index is 1170. The monoisotopic (exact) mass is 497 g/mol. The molecule has 178 valence electrons. The average Bonchev–Trinajstić information content (AvgIpc) is 3.29. The van der Waals surface area contributed by atoms with Crippen molar-refractivity contribution in [2.24, 2.45) is 0 Å². The molecule has 1 amide bonds. The van der Waals surface area contributed by atoms with Gasteiger partial charge < -0.3 is 15.0 Å². The van der Waals surface area contributed by atoms with Crippen LogP contribution in [0, 0.1) is 5.82 Å². The van der Waals surface area contributed by atoms with Crippen molar-refractivity contribution in [3.63, 3.8) is 0 Å². The van der Waals surface area contributed by atoms with Gasteiger partial charge in [-0.15, -0.1) is 0 Å². The fourth-order valence-corrected chi connectivity index (χ4v) is 4.47. The Labute approximate surface area is 197 Å². The lowest BCUT2D eigenvalue weighted by Crippen LogP contribution is -2.31. The molecular weight excluding hydrogens is 473 g/mol. The van der Waals surface area contributed by atoms with Crippen LogP contribution < -0.4 is 10.2 Å². The molecule has 8 nitrogen and oxygen atoms in total. The van der Waals surface area contributed by atoms with Crippen molar-refractivity contribution in [2.75, 3.05) is 37.4 Å². The Morgan fingerprint density at radius 3 is 2.42 bits per heavy atom. The topological polar surface area (TPSA) is 96.0 Å². The smallest absolute Gasteiger partial charge is 0.341 e. The van der Waals surface area contributed by atoms with Crippen LogP contribution in [0.1, 0.15) is 30.1 Å². The van der Waals surface area contributed by atoms with Gasteiger partial charge in [0.05, 0.1) is 21.8 Å². The number of nitrogens with zero attached hydrogens (tertiary/aromatic N) is 2. The molecule has 0 bridgehead atoms. The molecule has 1 N–H and O–H groups in total. The standard InChI is InChI=1S/C22H25ClFN3O5S/c1-14(21(28)25-19-8-6-15(23)12-18(19)24)32-22(29)17-13-16(33(30,31)26(2)3)7-9-20(17)27-10-4-5-11-27/h6-9,12-14H,4-5,10-11H2,1-3H3,(H,25,28). The minimum Gasteiger partial charge on any atom is -0.449 e. The summed E-state index contributed by atoms with van der Waals surface area (Å²) in [5, 5.41) is 2.52. The molecule has 1 heterocycles. The van der Waals surface area contributed by atoms with Crippen LogP contribution in [0.4, 0.5) is 15.8 Å². The van der Waals surface area contributed by atoms with Gasteiger partial charge in [-0.2, -0.15) is 0 Å². The molecule has 0 radical (unpaired) electrons. The third-order valence-corrected chi connectivity index (χ3v) is 7.30. The number of esters is 1. The number of ether oxygens (including phenoxy) is 1. The van der Waals surface area contributed by atoms with E-state index in [1.807, 2.05) is 4.90 Å². The number of amides is 1. The molecular formula is C22H25ClFN3O5S. The van der Waals surface area contributed by atoms with Gasteiger partial charge >= 0.3 is 5.97 Å². The van der Waals surface area contributed by atoms with E-state index < -0.39 is 33.8 Å². The maximum Gasteiger partial charge on any atom is 0.341 e. The van der Waals surface area contributed by atoms with Crippen molar-refractivity contribution < 1.29 is 27.1 Å². The number of carbonyl (C=O) groups is 2. The van der Waals surface area contributed by atoms with Crippen LogP contribution in [-0.2, 0) is 19.6 Å². The van der Waals surface area contributed by atoms with E-state index in [0.29, 0.717) is 18.8 Å². The number of nitrogens with one attached hydrogen (secondary N) is 1. The fraction of sp³-hybridized carbons (Fsp3) is 0.364. The Morgan fingerprint density at radius 2 is 1.82 bits per heavy atom. The molecule has 0 spiro atoms. The highest BCUT2D eigenvalue weighted by molar-refractivity contribution is 7.89. The van der Waals surface area contributed by atoms with E-state index in [4.69, 9.17) is 16.3 Å². The number of sulfonamides is 1. The van der Waals surface area contributed by atoms with Gasteiger partial charge in [-0.05, 0) is 56.2 Å². The summed E-state index contributed by atoms with van der Waals surface area (Å²) in [6, 6.07) is 8.04. The number of hydrogen-bond acceptors (Lipinski definition) is 6. The molecule has 0 aromatic heterocycles. The molecule has 2 aromatic carbocycles. The zero-order valence-corrected chi connectivity index (χ0v) is 20.0. The van der Waals surface area contributed by atoms with Crippen LogP contribution in [0.3, 0.4) is 0 Å². The molecule has 2 aromatic rings. The summed E-state index contributed by atoms with van der Waals surface area (Å²) in [6.45, 7) is 2.77. The van der Waals surface area contributed by atoms with Gasteiger partial charge in [0.15, 0.2) is 6.10 Å². The minimum atomic E-state index is -3.79. The molecule has 3 rings (SSSR count). The Balaban J connectivity index is 1.85. The minimum absolute atomic E-state index is 0.0390. The van der Waals surface area contributed by atoms with Crippen LogP contribution >= 0.6 is 11.6 Å². The lowest BCUT2D eigenvalue weighted by Gasteiger charge is -2.23. The Hall–Kier alpha value is -2.69. The van der Waals surface area contributed by atoms with Gasteiger partial charge in [0.25, 0.3) is 5.91 Å². The van der Waals surface area contributed by atoms with Gasteiger partial charge in [-0.3, -0.25) is 4.79 Å². The number of benzene rings is 2. The molecule has 1 aliphatic rings. The first kappa shape index (κ1) is 24.9. The van der Waals surface area contributed by atoms with Crippen LogP contribution in [0.15, 0.2) is 41.3 Å². The lowest BCUT2D eigenvalue weighted by molar-refractivity contribution is -0.123. The second kappa shape index (κ2) is 10.1. The summed E-state index contributed by atoms with van der Waals surface area (Å²) in [5.74, 6) is -2.33. The van der Waals surface area contributed by atoms with E-state index in [1.54, 1.807) is 6.07 Å². The van der Waals surface area contributed by atoms with Crippen molar-refractivity contribution in [3.8, 4) is 0 Å². The first-order valence-corrected chi connectivity index (χ1v) is 12.1. The van der Waals surface area contributed by atoms with Crippen LogP contribution in [0.2, 0.25) is 5.02 Å². The van der Waals surface area contributed by atoms with Gasteiger partial charge in [0.1, 0.15) is 5.82 Å². The second-order valence-corrected chi connectivity index (χ2v) is 10.4. The molecule has 1 fully saturated rings. The average molecular weight is 498 g/mol. The fourth-order valence-electron chi connectivity index (χ4n) is 3.39. The van der Waals surface area contributed by atoms with E-state index >= 15 is 0 Å². The Morgan fingerprint density at radius 1 is 1.15 bits per heavy atom. The molecule has 1 aliphatic heterocycles. The maximum absolute atomic E-state index is 14.0. The van der Waals surface area contributed by atoms with E-state index in [-0.39, 0.29) is 21.2 Å². The predicted octanol–water partition coefficient (Wildman–Crippen LogP) is 3.51. The number of carbonyl (C=O) groups excluding carboxylic acids is 2. The third kappa shape index (κ3) is 5.63. The summed E-state index contributed by atoms with van der Waals surface area (Å²) in [5.41, 5.74) is 0.466. The quantitative estimate of drug-likeness (QED) is 0.588. The summed E-state index contributed by atoms with van der Waals surface area (Å²) in [7, 11) is -1.01. The largest absolute Gasteiger partial charge is 0.449 e. The first-order chi connectivity index (χ1) is 15.5. The third-order valence-electron chi connectivity index (χ3n) is 5.26. The highest BCUT2D eigenvalue weighted by Crippen LogP contribution is 2.29. The van der Waals surface area contributed by atoms with Gasteiger partial charge in [-0.25, -0.2) is 21.9 Å². The highest BCUT2D eigenvalue weighted by atomic mass is 35.5. The molecule has 11 heteroatoms. The predicted molar refractivity (Wildman–Crippen MR) is 124 cm³/mol. The van der Waals surface area contributed by atoms with Crippen molar-refractivity contribution in [1.82, 2.24) is 4.31 Å². The zero-order chi connectivity index (χ0) is 24.3. The van der Waals surface area contributed by atoms with E-state index in [9.17, 15) is 22.4 Å². The van der Waals surface area contributed by atoms with Gasteiger partial charge in [-0.1, -0.05) is 11.6 Å². The van der Waals surface area contributed by atoms with Crippen LogP contribution in [0.25, 0.3) is 0 Å². The molecule has 1 unspecified atom stereocenters. The van der Waals surface area contributed by atoms with Crippen LogP contribution in [-0.4, -0.2) is 57.9 Å². The molecule has 1 saturated heterocycles.